The van der Waals surface area contributed by atoms with Crippen molar-refractivity contribution in [1.29, 1.82) is 0 Å². The van der Waals surface area contributed by atoms with E-state index in [1.165, 1.54) is 11.0 Å². The van der Waals surface area contributed by atoms with Crippen LogP contribution < -0.4 is 9.64 Å². The van der Waals surface area contributed by atoms with Gasteiger partial charge in [-0.15, -0.1) is 0 Å². The first kappa shape index (κ1) is 24.2. The van der Waals surface area contributed by atoms with Gasteiger partial charge in [0.2, 0.25) is 11.8 Å². The zero-order chi connectivity index (χ0) is 25.4. The van der Waals surface area contributed by atoms with Crippen molar-refractivity contribution in [3.05, 3.63) is 48.0 Å². The van der Waals surface area contributed by atoms with Crippen LogP contribution in [0, 0.1) is 5.82 Å². The monoisotopic (exact) mass is 493 g/mol. The predicted octanol–water partition coefficient (Wildman–Crippen LogP) is 4.35. The topological polar surface area (TPSA) is 91.4 Å². The highest BCUT2D eigenvalue weighted by Gasteiger charge is 2.50. The van der Waals surface area contributed by atoms with Crippen molar-refractivity contribution in [3.8, 4) is 5.75 Å². The highest BCUT2D eigenvalue weighted by molar-refractivity contribution is 6.10. The van der Waals surface area contributed by atoms with Gasteiger partial charge in [0.15, 0.2) is 5.65 Å². The molecule has 1 N–H and O–H groups in total. The van der Waals surface area contributed by atoms with Crippen molar-refractivity contribution in [3.63, 3.8) is 0 Å². The Morgan fingerprint density at radius 1 is 1.36 bits per heavy atom. The molecule has 2 amide bonds. The number of nitrogens with one attached hydrogen (secondary N) is 1. The molecule has 2 unspecified atom stereocenters. The third kappa shape index (κ3) is 4.20. The molecule has 0 saturated carbocycles. The normalized spacial score (nSPS) is 22.3. The van der Waals surface area contributed by atoms with Crippen LogP contribution in [0.3, 0.4) is 0 Å². The van der Waals surface area contributed by atoms with Gasteiger partial charge in [-0.3, -0.25) is 14.7 Å². The molecule has 0 radical (unpaired) electrons. The summed E-state index contributed by atoms with van der Waals surface area (Å²) >= 11 is 0. The van der Waals surface area contributed by atoms with E-state index in [4.69, 9.17) is 4.74 Å². The van der Waals surface area contributed by atoms with Gasteiger partial charge >= 0.3 is 0 Å². The van der Waals surface area contributed by atoms with Gasteiger partial charge in [0.25, 0.3) is 0 Å². The number of carbonyl (C=O) groups excluding carboxylic acids is 2. The van der Waals surface area contributed by atoms with Crippen molar-refractivity contribution in [2.45, 2.75) is 70.4 Å². The number of fused-ring (bicyclic) bond motifs is 2. The lowest BCUT2D eigenvalue weighted by Gasteiger charge is -2.28. The number of carbonyl (C=O) groups is 2. The van der Waals surface area contributed by atoms with Gasteiger partial charge in [-0.2, -0.15) is 5.10 Å². The fourth-order valence-electron chi connectivity index (χ4n) is 5.59. The summed E-state index contributed by atoms with van der Waals surface area (Å²) in [6, 6.07) is 6.75. The number of nitrogens with zero attached hydrogens (tertiary/aromatic N) is 4. The maximum Gasteiger partial charge on any atom is 0.242 e. The SMILES string of the molecule is CCC(CC[C@]1(C)C(=O)N(CC(=O)N2CCCC2C)c2cccc(F)c21)Oc1cnc2[nH]ncc2c1. The molecule has 1 saturated heterocycles. The van der Waals surface area contributed by atoms with Gasteiger partial charge < -0.3 is 14.5 Å². The Bertz CT molecular complexity index is 1290. The lowest BCUT2D eigenvalue weighted by Crippen LogP contribution is -2.46. The van der Waals surface area contributed by atoms with E-state index in [-0.39, 0.29) is 30.5 Å². The van der Waals surface area contributed by atoms with Crippen LogP contribution in [-0.4, -0.2) is 57.1 Å². The van der Waals surface area contributed by atoms with Crippen LogP contribution in [0.2, 0.25) is 0 Å². The number of H-pyrrole nitrogens is 1. The van der Waals surface area contributed by atoms with Gasteiger partial charge in [0, 0.05) is 23.5 Å². The Balaban J connectivity index is 1.35. The van der Waals surface area contributed by atoms with E-state index >= 15 is 4.39 Å². The molecule has 9 heteroatoms. The number of likely N-dealkylation sites (tertiary alicyclic amines) is 1. The van der Waals surface area contributed by atoms with E-state index in [1.807, 2.05) is 24.8 Å². The van der Waals surface area contributed by atoms with Crippen LogP contribution in [-0.2, 0) is 15.0 Å². The number of rotatable bonds is 8. The first-order valence-electron chi connectivity index (χ1n) is 12.7. The summed E-state index contributed by atoms with van der Waals surface area (Å²) in [5, 5.41) is 7.65. The highest BCUT2D eigenvalue weighted by atomic mass is 19.1. The standard InChI is InChI=1S/C27H32FN5O3/c1-4-19(36-20-13-18-14-30-31-25(18)29-15-20)10-11-27(3)24-21(28)8-5-9-22(24)33(26(27)35)16-23(34)32-12-6-7-17(32)2/h5,8-9,13-15,17,19H,4,6-7,10-12,16H2,1-3H3,(H,29,30,31)/t17?,19?,27-/m0/s1. The van der Waals surface area contributed by atoms with E-state index < -0.39 is 11.2 Å². The Morgan fingerprint density at radius 2 is 2.19 bits per heavy atom. The molecule has 36 heavy (non-hydrogen) atoms. The summed E-state index contributed by atoms with van der Waals surface area (Å²) in [6.07, 6.45) is 6.73. The zero-order valence-electron chi connectivity index (χ0n) is 21.0. The minimum absolute atomic E-state index is 0.0701. The number of benzene rings is 1. The molecule has 2 aromatic heterocycles. The van der Waals surface area contributed by atoms with Crippen molar-refractivity contribution < 1.29 is 18.7 Å². The lowest BCUT2D eigenvalue weighted by molar-refractivity contribution is -0.132. The minimum atomic E-state index is -1.08. The number of amides is 2. The summed E-state index contributed by atoms with van der Waals surface area (Å²) < 4.78 is 21.4. The number of hydrogen-bond donors (Lipinski definition) is 1. The molecule has 0 spiro atoms. The molecule has 190 valence electrons. The molecule has 0 aliphatic carbocycles. The molecule has 2 aliphatic heterocycles. The first-order chi connectivity index (χ1) is 17.3. The maximum absolute atomic E-state index is 15.2. The molecule has 3 atom stereocenters. The maximum atomic E-state index is 15.2. The average Bonchev–Trinajstić information content (AvgIpc) is 3.56. The van der Waals surface area contributed by atoms with Crippen LogP contribution in [0.1, 0.15) is 58.4 Å². The Hall–Kier alpha value is -3.49. The molecular formula is C27H32FN5O3. The Kier molecular flexibility index (Phi) is 6.40. The number of hydrogen-bond acceptors (Lipinski definition) is 5. The largest absolute Gasteiger partial charge is 0.489 e. The number of halogens is 1. The molecular weight excluding hydrogens is 461 g/mol. The van der Waals surface area contributed by atoms with E-state index in [2.05, 4.69) is 15.2 Å². The van der Waals surface area contributed by atoms with E-state index in [9.17, 15) is 9.59 Å². The van der Waals surface area contributed by atoms with E-state index in [0.29, 0.717) is 48.5 Å². The molecule has 3 aromatic rings. The van der Waals surface area contributed by atoms with Gasteiger partial charge in [0.1, 0.15) is 18.1 Å². The van der Waals surface area contributed by atoms with E-state index in [0.717, 1.165) is 18.2 Å². The molecule has 8 nitrogen and oxygen atoms in total. The van der Waals surface area contributed by atoms with Crippen LogP contribution in [0.15, 0.2) is 36.7 Å². The smallest absolute Gasteiger partial charge is 0.242 e. The van der Waals surface area contributed by atoms with Crippen molar-refractivity contribution >= 4 is 28.5 Å². The molecule has 2 aliphatic rings. The van der Waals surface area contributed by atoms with Crippen molar-refractivity contribution in [2.75, 3.05) is 18.0 Å². The van der Waals surface area contributed by atoms with Gasteiger partial charge in [-0.05, 0) is 64.2 Å². The van der Waals surface area contributed by atoms with E-state index in [1.54, 1.807) is 31.5 Å². The molecule has 4 heterocycles. The summed E-state index contributed by atoms with van der Waals surface area (Å²) in [7, 11) is 0. The average molecular weight is 494 g/mol. The Labute approximate surface area is 209 Å². The summed E-state index contributed by atoms with van der Waals surface area (Å²) in [6.45, 7) is 6.46. The predicted molar refractivity (Wildman–Crippen MR) is 134 cm³/mol. The molecule has 1 aromatic carbocycles. The second-order valence-electron chi connectivity index (χ2n) is 10.1. The van der Waals surface area contributed by atoms with Crippen molar-refractivity contribution in [1.82, 2.24) is 20.1 Å². The van der Waals surface area contributed by atoms with Crippen LogP contribution in [0.4, 0.5) is 10.1 Å². The first-order valence-corrected chi connectivity index (χ1v) is 12.7. The zero-order valence-corrected chi connectivity index (χ0v) is 21.0. The third-order valence-corrected chi connectivity index (χ3v) is 7.71. The molecule has 1 fully saturated rings. The van der Waals surface area contributed by atoms with Gasteiger partial charge in [-0.25, -0.2) is 9.37 Å². The Morgan fingerprint density at radius 3 is 2.94 bits per heavy atom. The number of ether oxygens (including phenoxy) is 1. The summed E-state index contributed by atoms with van der Waals surface area (Å²) in [4.78, 5) is 34.5. The minimum Gasteiger partial charge on any atom is -0.489 e. The highest BCUT2D eigenvalue weighted by Crippen LogP contribution is 2.46. The summed E-state index contributed by atoms with van der Waals surface area (Å²) in [5.74, 6) is -0.127. The third-order valence-electron chi connectivity index (χ3n) is 7.71. The fourth-order valence-corrected chi connectivity index (χ4v) is 5.59. The van der Waals surface area contributed by atoms with Crippen LogP contribution in [0.25, 0.3) is 11.0 Å². The number of pyridine rings is 1. The van der Waals surface area contributed by atoms with Crippen LogP contribution in [0.5, 0.6) is 5.75 Å². The number of anilines is 1. The number of aromatic nitrogens is 3. The second-order valence-corrected chi connectivity index (χ2v) is 10.1. The fraction of sp³-hybridized carbons (Fsp3) is 0.481. The lowest BCUT2D eigenvalue weighted by atomic mass is 9.78. The van der Waals surface area contributed by atoms with Gasteiger partial charge in [-0.1, -0.05) is 13.0 Å². The molecule has 0 bridgehead atoms. The second kappa shape index (κ2) is 9.52. The van der Waals surface area contributed by atoms with Gasteiger partial charge in [0.05, 0.1) is 29.6 Å². The summed E-state index contributed by atoms with van der Waals surface area (Å²) in [5.41, 5.74) is 0.464. The molecule has 5 rings (SSSR count). The van der Waals surface area contributed by atoms with Crippen LogP contribution >= 0.6 is 0 Å². The quantitative estimate of drug-likeness (QED) is 0.504. The number of aromatic amines is 1. The van der Waals surface area contributed by atoms with Crippen molar-refractivity contribution in [2.24, 2.45) is 0 Å².